The Hall–Kier alpha value is -1.45. The first kappa shape index (κ1) is 19.6. The van der Waals surface area contributed by atoms with E-state index >= 15 is 0 Å². The minimum Gasteiger partial charge on any atom is -0.388 e. The van der Waals surface area contributed by atoms with Crippen molar-refractivity contribution in [2.45, 2.75) is 42.9 Å². The van der Waals surface area contributed by atoms with Crippen LogP contribution in [0.25, 0.3) is 0 Å². The molecule has 0 aliphatic heterocycles. The standard InChI is InChI=1S/C13H11F9O/c14-10(15,11(16,17)12(18,19)13(20,21)22)7-6-9(23)8-4-2-1-3-5-8/h1-5,9,23H,6-7H2/t9-/m0/s1. The highest BCUT2D eigenvalue weighted by Crippen LogP contribution is 2.54. The van der Waals surface area contributed by atoms with Gasteiger partial charge in [0.05, 0.1) is 6.10 Å². The van der Waals surface area contributed by atoms with E-state index in [0.29, 0.717) is 0 Å². The predicted octanol–water partition coefficient (Wildman–Crippen LogP) is 4.97. The Kier molecular flexibility index (Phi) is 5.30. The van der Waals surface area contributed by atoms with E-state index in [0.717, 1.165) is 0 Å². The summed E-state index contributed by atoms with van der Waals surface area (Å²) in [7, 11) is 0. The molecule has 0 unspecified atom stereocenters. The van der Waals surface area contributed by atoms with Crippen molar-refractivity contribution in [1.29, 1.82) is 0 Å². The number of alkyl halides is 9. The molecule has 0 saturated carbocycles. The van der Waals surface area contributed by atoms with Crippen molar-refractivity contribution in [3.8, 4) is 0 Å². The van der Waals surface area contributed by atoms with Gasteiger partial charge < -0.3 is 5.11 Å². The van der Waals surface area contributed by atoms with Gasteiger partial charge in [0.2, 0.25) is 0 Å². The molecule has 10 heteroatoms. The van der Waals surface area contributed by atoms with E-state index in [9.17, 15) is 44.6 Å². The van der Waals surface area contributed by atoms with Crippen molar-refractivity contribution in [2.75, 3.05) is 0 Å². The molecule has 0 bridgehead atoms. The van der Waals surface area contributed by atoms with Crippen LogP contribution in [0.15, 0.2) is 30.3 Å². The Morgan fingerprint density at radius 3 is 1.70 bits per heavy atom. The molecule has 132 valence electrons. The maximum absolute atomic E-state index is 13.3. The quantitative estimate of drug-likeness (QED) is 0.716. The number of aliphatic hydroxyl groups is 1. The summed E-state index contributed by atoms with van der Waals surface area (Å²) in [5.41, 5.74) is 0.0363. The van der Waals surface area contributed by atoms with Crippen molar-refractivity contribution in [3.63, 3.8) is 0 Å². The first-order valence-corrected chi connectivity index (χ1v) is 6.17. The van der Waals surface area contributed by atoms with E-state index in [2.05, 4.69) is 0 Å². The summed E-state index contributed by atoms with van der Waals surface area (Å²) >= 11 is 0. The number of halogens is 9. The zero-order chi connectivity index (χ0) is 18.1. The summed E-state index contributed by atoms with van der Waals surface area (Å²) in [5, 5.41) is 9.52. The van der Waals surface area contributed by atoms with E-state index < -0.39 is 42.9 Å². The summed E-state index contributed by atoms with van der Waals surface area (Å²) in [4.78, 5) is 0. The van der Waals surface area contributed by atoms with Gasteiger partial charge in [0.25, 0.3) is 0 Å². The molecule has 0 fully saturated rings. The summed E-state index contributed by atoms with van der Waals surface area (Å²) in [6.45, 7) is 0. The van der Waals surface area contributed by atoms with E-state index in [1.54, 1.807) is 0 Å². The number of aliphatic hydroxyl groups excluding tert-OH is 1. The Balaban J connectivity index is 2.90. The lowest BCUT2D eigenvalue weighted by Crippen LogP contribution is -2.60. The predicted molar refractivity (Wildman–Crippen MR) is 61.5 cm³/mol. The van der Waals surface area contributed by atoms with Crippen LogP contribution in [0.2, 0.25) is 0 Å². The SMILES string of the molecule is O[C@@H](CCC(F)(F)C(F)(F)C(F)(F)C(F)(F)F)c1ccccc1. The van der Waals surface area contributed by atoms with Crippen LogP contribution >= 0.6 is 0 Å². The van der Waals surface area contributed by atoms with E-state index in [-0.39, 0.29) is 5.56 Å². The topological polar surface area (TPSA) is 20.2 Å². The fourth-order valence-corrected chi connectivity index (χ4v) is 1.72. The molecule has 0 amide bonds. The van der Waals surface area contributed by atoms with E-state index in [1.165, 1.54) is 30.3 Å². The Bertz CT molecular complexity index is 510. The minimum atomic E-state index is -6.90. The van der Waals surface area contributed by atoms with Crippen molar-refractivity contribution in [3.05, 3.63) is 35.9 Å². The van der Waals surface area contributed by atoms with Gasteiger partial charge >= 0.3 is 23.9 Å². The summed E-state index contributed by atoms with van der Waals surface area (Å²) in [6.07, 6.45) is -11.7. The molecular weight excluding hydrogens is 343 g/mol. The van der Waals surface area contributed by atoms with Crippen molar-refractivity contribution in [2.24, 2.45) is 0 Å². The molecule has 0 saturated heterocycles. The highest BCUT2D eigenvalue weighted by atomic mass is 19.4. The number of benzene rings is 1. The van der Waals surface area contributed by atoms with E-state index in [1.807, 2.05) is 0 Å². The van der Waals surface area contributed by atoms with Gasteiger partial charge in [0.1, 0.15) is 0 Å². The second-order valence-electron chi connectivity index (χ2n) is 4.82. The lowest BCUT2D eigenvalue weighted by molar-refractivity contribution is -0.397. The summed E-state index contributed by atoms with van der Waals surface area (Å²) in [5.74, 6) is -19.2. The number of rotatable bonds is 6. The third-order valence-electron chi connectivity index (χ3n) is 3.13. The monoisotopic (exact) mass is 354 g/mol. The van der Waals surface area contributed by atoms with Gasteiger partial charge in [-0.25, -0.2) is 0 Å². The lowest BCUT2D eigenvalue weighted by atomic mass is 9.96. The molecule has 0 aliphatic carbocycles. The van der Waals surface area contributed by atoms with Gasteiger partial charge in [-0.2, -0.15) is 39.5 Å². The second-order valence-corrected chi connectivity index (χ2v) is 4.82. The maximum atomic E-state index is 13.3. The molecule has 1 N–H and O–H groups in total. The second kappa shape index (κ2) is 6.21. The average molecular weight is 354 g/mol. The molecule has 0 radical (unpaired) electrons. The molecule has 0 spiro atoms. The molecule has 1 aromatic carbocycles. The molecular formula is C13H11F9O. The smallest absolute Gasteiger partial charge is 0.388 e. The van der Waals surface area contributed by atoms with Crippen molar-refractivity contribution < 1.29 is 44.6 Å². The first-order chi connectivity index (χ1) is 10.2. The Morgan fingerprint density at radius 2 is 1.26 bits per heavy atom. The minimum absolute atomic E-state index is 0.0363. The van der Waals surface area contributed by atoms with Gasteiger partial charge in [-0.1, -0.05) is 30.3 Å². The molecule has 1 atom stereocenters. The van der Waals surface area contributed by atoms with Crippen LogP contribution in [0.1, 0.15) is 24.5 Å². The van der Waals surface area contributed by atoms with Crippen LogP contribution in [0, 0.1) is 0 Å². The molecule has 1 rings (SSSR count). The third kappa shape index (κ3) is 3.73. The van der Waals surface area contributed by atoms with E-state index in [4.69, 9.17) is 0 Å². The summed E-state index contributed by atoms with van der Waals surface area (Å²) < 4.78 is 114. The van der Waals surface area contributed by atoms with Crippen LogP contribution in [0.3, 0.4) is 0 Å². The average Bonchev–Trinajstić information content (AvgIpc) is 2.44. The molecule has 1 aromatic rings. The molecule has 23 heavy (non-hydrogen) atoms. The zero-order valence-corrected chi connectivity index (χ0v) is 11.2. The number of hydrogen-bond acceptors (Lipinski definition) is 1. The fraction of sp³-hybridized carbons (Fsp3) is 0.538. The highest BCUT2D eigenvalue weighted by Gasteiger charge is 2.81. The van der Waals surface area contributed by atoms with Gasteiger partial charge in [0, 0.05) is 6.42 Å². The Labute approximate surface area is 124 Å². The van der Waals surface area contributed by atoms with Crippen LogP contribution in [0.5, 0.6) is 0 Å². The van der Waals surface area contributed by atoms with Crippen molar-refractivity contribution >= 4 is 0 Å². The van der Waals surface area contributed by atoms with Gasteiger partial charge in [-0.3, -0.25) is 0 Å². The van der Waals surface area contributed by atoms with Gasteiger partial charge in [-0.15, -0.1) is 0 Å². The highest BCUT2D eigenvalue weighted by molar-refractivity contribution is 5.17. The molecule has 0 heterocycles. The third-order valence-corrected chi connectivity index (χ3v) is 3.13. The van der Waals surface area contributed by atoms with Gasteiger partial charge in [0.15, 0.2) is 0 Å². The maximum Gasteiger partial charge on any atom is 0.460 e. The molecule has 1 nitrogen and oxygen atoms in total. The molecule has 0 aliphatic rings. The largest absolute Gasteiger partial charge is 0.460 e. The first-order valence-electron chi connectivity index (χ1n) is 6.17. The zero-order valence-electron chi connectivity index (χ0n) is 11.2. The Morgan fingerprint density at radius 1 is 0.783 bits per heavy atom. The van der Waals surface area contributed by atoms with Crippen molar-refractivity contribution in [1.82, 2.24) is 0 Å². The van der Waals surface area contributed by atoms with Crippen LogP contribution in [-0.4, -0.2) is 29.1 Å². The lowest BCUT2D eigenvalue weighted by Gasteiger charge is -2.34. The van der Waals surface area contributed by atoms with Crippen LogP contribution < -0.4 is 0 Å². The van der Waals surface area contributed by atoms with Crippen LogP contribution in [-0.2, 0) is 0 Å². The fourth-order valence-electron chi connectivity index (χ4n) is 1.72. The normalized spacial score (nSPS) is 15.6. The van der Waals surface area contributed by atoms with Crippen LogP contribution in [0.4, 0.5) is 39.5 Å². The summed E-state index contributed by atoms with van der Waals surface area (Å²) in [6, 6.07) is 6.80. The van der Waals surface area contributed by atoms with Gasteiger partial charge in [-0.05, 0) is 12.0 Å². The molecule has 0 aromatic heterocycles. The number of hydrogen-bond donors (Lipinski definition) is 1.